The van der Waals surface area contributed by atoms with Gasteiger partial charge in [-0.3, -0.25) is 4.79 Å². The standard InChI is InChI=1S/C27H19F6N3O3/c28-26(29,30)24-19(15-34-36(24)20-4-2-1-3-5-20)16-35-12-13-38-23-11-8-18(14-22(23)25(35)37)17-6-9-21(10-7-17)39-27(31,32)33/h1-11,14-15H,12-13,16H2. The van der Waals surface area contributed by atoms with E-state index in [4.69, 9.17) is 4.74 Å². The van der Waals surface area contributed by atoms with Gasteiger partial charge in [0.2, 0.25) is 0 Å². The van der Waals surface area contributed by atoms with Crippen LogP contribution in [0.4, 0.5) is 26.3 Å². The number of amides is 1. The third kappa shape index (κ3) is 5.69. The van der Waals surface area contributed by atoms with Crippen molar-refractivity contribution in [2.45, 2.75) is 19.1 Å². The summed E-state index contributed by atoms with van der Waals surface area (Å²) < 4.78 is 90.0. The molecule has 1 aliphatic heterocycles. The van der Waals surface area contributed by atoms with E-state index in [1.807, 2.05) is 0 Å². The highest BCUT2D eigenvalue weighted by Gasteiger charge is 2.39. The molecule has 0 saturated carbocycles. The molecule has 0 radical (unpaired) electrons. The predicted octanol–water partition coefficient (Wildman–Crippen LogP) is 6.49. The molecule has 3 aromatic carbocycles. The highest BCUT2D eigenvalue weighted by atomic mass is 19.4. The monoisotopic (exact) mass is 547 g/mol. The number of benzene rings is 3. The second-order valence-corrected chi connectivity index (χ2v) is 8.62. The third-order valence-electron chi connectivity index (χ3n) is 6.01. The van der Waals surface area contributed by atoms with E-state index in [0.29, 0.717) is 11.1 Å². The molecule has 2 heterocycles. The number of fused-ring (bicyclic) bond motifs is 1. The van der Waals surface area contributed by atoms with Crippen molar-refractivity contribution in [1.82, 2.24) is 14.7 Å². The van der Waals surface area contributed by atoms with Gasteiger partial charge < -0.3 is 14.4 Å². The number of ether oxygens (including phenoxy) is 2. The number of alkyl halides is 6. The molecule has 1 aromatic heterocycles. The van der Waals surface area contributed by atoms with E-state index in [9.17, 15) is 31.1 Å². The van der Waals surface area contributed by atoms with Gasteiger partial charge in [-0.1, -0.05) is 36.4 Å². The van der Waals surface area contributed by atoms with Crippen molar-refractivity contribution < 1.29 is 40.6 Å². The molecule has 4 aromatic rings. The fraction of sp³-hybridized carbons (Fsp3) is 0.185. The Morgan fingerprint density at radius 1 is 0.897 bits per heavy atom. The molecule has 0 N–H and O–H groups in total. The smallest absolute Gasteiger partial charge is 0.491 e. The number of hydrogen-bond acceptors (Lipinski definition) is 4. The van der Waals surface area contributed by atoms with Gasteiger partial charge >= 0.3 is 12.5 Å². The number of halogens is 6. The fourth-order valence-electron chi connectivity index (χ4n) is 4.31. The second kappa shape index (κ2) is 10.0. The number of nitrogens with zero attached hydrogens (tertiary/aromatic N) is 3. The second-order valence-electron chi connectivity index (χ2n) is 8.62. The Kier molecular flexibility index (Phi) is 6.71. The van der Waals surface area contributed by atoms with Gasteiger partial charge in [0.1, 0.15) is 18.1 Å². The van der Waals surface area contributed by atoms with Crippen LogP contribution in [0.15, 0.2) is 79.0 Å². The average molecular weight is 547 g/mol. The van der Waals surface area contributed by atoms with Gasteiger partial charge in [-0.05, 0) is 47.5 Å². The van der Waals surface area contributed by atoms with Gasteiger partial charge in [0, 0.05) is 12.1 Å². The fourth-order valence-corrected chi connectivity index (χ4v) is 4.31. The van der Waals surface area contributed by atoms with Crippen LogP contribution in [-0.2, 0) is 12.7 Å². The van der Waals surface area contributed by atoms with Gasteiger partial charge in [-0.15, -0.1) is 13.2 Å². The number of carbonyl (C=O) groups is 1. The molecule has 12 heteroatoms. The van der Waals surface area contributed by atoms with Gasteiger partial charge in [0.25, 0.3) is 5.91 Å². The van der Waals surface area contributed by atoms with Crippen LogP contribution in [0.2, 0.25) is 0 Å². The summed E-state index contributed by atoms with van der Waals surface area (Å²) >= 11 is 0. The van der Waals surface area contributed by atoms with E-state index in [0.717, 1.165) is 23.0 Å². The predicted molar refractivity (Wildman–Crippen MR) is 127 cm³/mol. The zero-order valence-electron chi connectivity index (χ0n) is 20.0. The topological polar surface area (TPSA) is 56.6 Å². The van der Waals surface area contributed by atoms with E-state index >= 15 is 0 Å². The minimum Gasteiger partial charge on any atom is -0.491 e. The first-order valence-electron chi connectivity index (χ1n) is 11.6. The third-order valence-corrected chi connectivity index (χ3v) is 6.01. The van der Waals surface area contributed by atoms with E-state index in [1.165, 1.54) is 35.2 Å². The summed E-state index contributed by atoms with van der Waals surface area (Å²) in [7, 11) is 0. The molecule has 0 unspecified atom stereocenters. The van der Waals surface area contributed by atoms with Crippen molar-refractivity contribution in [3.63, 3.8) is 0 Å². The molecule has 202 valence electrons. The molecule has 6 nitrogen and oxygen atoms in total. The Morgan fingerprint density at radius 3 is 2.26 bits per heavy atom. The van der Waals surface area contributed by atoms with Crippen molar-refractivity contribution >= 4 is 5.91 Å². The van der Waals surface area contributed by atoms with Gasteiger partial charge in [0.15, 0.2) is 5.69 Å². The van der Waals surface area contributed by atoms with Crippen LogP contribution >= 0.6 is 0 Å². The summed E-state index contributed by atoms with van der Waals surface area (Å²) in [5.74, 6) is -0.704. The summed E-state index contributed by atoms with van der Waals surface area (Å²) in [6.45, 7) is -0.285. The number of para-hydroxylation sites is 1. The van der Waals surface area contributed by atoms with Crippen LogP contribution in [0.1, 0.15) is 21.6 Å². The molecule has 0 fully saturated rings. The highest BCUT2D eigenvalue weighted by Crippen LogP contribution is 2.36. The van der Waals surface area contributed by atoms with Crippen LogP contribution in [0.25, 0.3) is 16.8 Å². The summed E-state index contributed by atoms with van der Waals surface area (Å²) in [6, 6.07) is 17.6. The normalized spacial score (nSPS) is 14.0. The minimum atomic E-state index is -4.83. The van der Waals surface area contributed by atoms with Gasteiger partial charge in [0.05, 0.1) is 24.0 Å². The van der Waals surface area contributed by atoms with Crippen molar-refractivity contribution in [3.05, 3.63) is 95.8 Å². The molecule has 5 rings (SSSR count). The molecule has 0 spiro atoms. The summed E-state index contributed by atoms with van der Waals surface area (Å²) in [6.07, 6.45) is -8.47. The van der Waals surface area contributed by atoms with Crippen molar-refractivity contribution in [1.29, 1.82) is 0 Å². The summed E-state index contributed by atoms with van der Waals surface area (Å²) in [4.78, 5) is 14.7. The Morgan fingerprint density at radius 2 is 1.59 bits per heavy atom. The number of carbonyl (C=O) groups excluding carboxylic acids is 1. The SMILES string of the molecule is O=C1c2cc(-c3ccc(OC(F)(F)F)cc3)ccc2OCCN1Cc1cnn(-c2ccccc2)c1C(F)(F)F. The lowest BCUT2D eigenvalue weighted by molar-refractivity contribution is -0.274. The van der Waals surface area contributed by atoms with Crippen LogP contribution in [0.5, 0.6) is 11.5 Å². The quantitative estimate of drug-likeness (QED) is 0.268. The first-order valence-corrected chi connectivity index (χ1v) is 11.6. The molecule has 39 heavy (non-hydrogen) atoms. The molecular weight excluding hydrogens is 528 g/mol. The maximum atomic E-state index is 14.1. The lowest BCUT2D eigenvalue weighted by Crippen LogP contribution is -2.32. The molecule has 1 amide bonds. The molecule has 0 bridgehead atoms. The van der Waals surface area contributed by atoms with Gasteiger partial charge in [-0.25, -0.2) is 4.68 Å². The number of aromatic nitrogens is 2. The summed E-state index contributed by atoms with van der Waals surface area (Å²) in [5, 5.41) is 3.94. The Bertz CT molecular complexity index is 1480. The van der Waals surface area contributed by atoms with Crippen LogP contribution in [0, 0.1) is 0 Å². The maximum Gasteiger partial charge on any atom is 0.573 e. The van der Waals surface area contributed by atoms with E-state index < -0.39 is 29.9 Å². The van der Waals surface area contributed by atoms with Crippen molar-refractivity contribution in [2.75, 3.05) is 13.2 Å². The zero-order valence-corrected chi connectivity index (χ0v) is 20.0. The number of hydrogen-bond donors (Lipinski definition) is 0. The maximum absolute atomic E-state index is 14.1. The van der Waals surface area contributed by atoms with Crippen LogP contribution in [0.3, 0.4) is 0 Å². The summed E-state index contributed by atoms with van der Waals surface area (Å²) in [5.41, 5.74) is 0.174. The first-order chi connectivity index (χ1) is 18.5. The van der Waals surface area contributed by atoms with Crippen molar-refractivity contribution in [2.24, 2.45) is 0 Å². The van der Waals surface area contributed by atoms with E-state index in [1.54, 1.807) is 30.3 Å². The molecule has 1 aliphatic rings. The average Bonchev–Trinajstić information content (AvgIpc) is 3.26. The van der Waals surface area contributed by atoms with Crippen LogP contribution in [-0.4, -0.2) is 40.1 Å². The Hall–Kier alpha value is -4.48. The van der Waals surface area contributed by atoms with Crippen molar-refractivity contribution in [3.8, 4) is 28.3 Å². The van der Waals surface area contributed by atoms with E-state index in [-0.39, 0.29) is 42.3 Å². The lowest BCUT2D eigenvalue weighted by Gasteiger charge is -2.21. The minimum absolute atomic E-state index is 0.0279. The molecule has 0 atom stereocenters. The number of rotatable bonds is 5. The largest absolute Gasteiger partial charge is 0.573 e. The lowest BCUT2D eigenvalue weighted by atomic mass is 10.0. The van der Waals surface area contributed by atoms with Crippen LogP contribution < -0.4 is 9.47 Å². The van der Waals surface area contributed by atoms with Gasteiger partial charge in [-0.2, -0.15) is 18.3 Å². The highest BCUT2D eigenvalue weighted by molar-refractivity contribution is 5.98. The molecule has 0 aliphatic carbocycles. The van der Waals surface area contributed by atoms with E-state index in [2.05, 4.69) is 9.84 Å². The zero-order chi connectivity index (χ0) is 27.8. The Balaban J connectivity index is 1.44. The Labute approximate surface area is 218 Å². The molecular formula is C27H19F6N3O3. The molecule has 0 saturated heterocycles. The first kappa shape index (κ1) is 26.1.